The van der Waals surface area contributed by atoms with Crippen LogP contribution in [0.2, 0.25) is 0 Å². The van der Waals surface area contributed by atoms with E-state index in [9.17, 15) is 14.4 Å². The van der Waals surface area contributed by atoms with E-state index in [4.69, 9.17) is 0 Å². The van der Waals surface area contributed by atoms with Gasteiger partial charge in [-0.05, 0) is 35.7 Å². The number of carbonyl (C=O) groups is 1. The number of hydrogen-bond donors (Lipinski definition) is 1. The van der Waals surface area contributed by atoms with E-state index in [2.05, 4.69) is 4.98 Å². The minimum atomic E-state index is -0.488. The molecule has 2 aromatic heterocycles. The van der Waals surface area contributed by atoms with E-state index < -0.39 is 11.2 Å². The first-order chi connectivity index (χ1) is 11.0. The van der Waals surface area contributed by atoms with Crippen LogP contribution >= 0.6 is 11.3 Å². The molecule has 1 N–H and O–H groups in total. The van der Waals surface area contributed by atoms with Gasteiger partial charge in [0.1, 0.15) is 0 Å². The molecule has 2 rings (SSSR count). The third-order valence-electron chi connectivity index (χ3n) is 3.84. The highest BCUT2D eigenvalue weighted by molar-refractivity contribution is 7.07. The molecule has 0 bridgehead atoms. The summed E-state index contributed by atoms with van der Waals surface area (Å²) < 4.78 is 1.35. The van der Waals surface area contributed by atoms with Crippen LogP contribution in [-0.4, -0.2) is 26.4 Å². The Morgan fingerprint density at radius 3 is 2.78 bits per heavy atom. The molecule has 23 heavy (non-hydrogen) atoms. The minimum Gasteiger partial charge on any atom is -0.336 e. The molecular formula is C16H21N3O3S. The van der Waals surface area contributed by atoms with Crippen molar-refractivity contribution in [3.8, 4) is 0 Å². The maximum absolute atomic E-state index is 12.6. The SMILES string of the molecule is CC[C@@H](C)N(Cc1ccsc1)C(=O)CCn1ccc(=O)[nH]c1=O. The molecule has 0 aliphatic carbocycles. The summed E-state index contributed by atoms with van der Waals surface area (Å²) in [4.78, 5) is 39.3. The molecule has 0 saturated carbocycles. The maximum atomic E-state index is 12.6. The molecule has 0 spiro atoms. The van der Waals surface area contributed by atoms with Crippen molar-refractivity contribution in [2.45, 2.75) is 45.8 Å². The quantitative estimate of drug-likeness (QED) is 0.838. The van der Waals surface area contributed by atoms with Crippen LogP contribution in [0.5, 0.6) is 0 Å². The zero-order chi connectivity index (χ0) is 16.8. The van der Waals surface area contributed by atoms with Crippen LogP contribution in [0.3, 0.4) is 0 Å². The molecular weight excluding hydrogens is 314 g/mol. The van der Waals surface area contributed by atoms with Crippen LogP contribution in [0, 0.1) is 0 Å². The summed E-state index contributed by atoms with van der Waals surface area (Å²) >= 11 is 1.61. The van der Waals surface area contributed by atoms with E-state index in [0.29, 0.717) is 6.54 Å². The van der Waals surface area contributed by atoms with Gasteiger partial charge in [0.15, 0.2) is 0 Å². The van der Waals surface area contributed by atoms with Crippen LogP contribution in [0.15, 0.2) is 38.7 Å². The van der Waals surface area contributed by atoms with E-state index in [1.54, 1.807) is 11.3 Å². The summed E-state index contributed by atoms with van der Waals surface area (Å²) in [5.74, 6) is 0.00338. The Bertz CT molecular complexity index is 748. The number of carbonyl (C=O) groups excluding carboxylic acids is 1. The highest BCUT2D eigenvalue weighted by Gasteiger charge is 2.19. The second-order valence-corrected chi connectivity index (χ2v) is 6.24. The molecule has 2 heterocycles. The van der Waals surface area contributed by atoms with E-state index in [0.717, 1.165) is 12.0 Å². The van der Waals surface area contributed by atoms with Gasteiger partial charge in [0.25, 0.3) is 5.56 Å². The van der Waals surface area contributed by atoms with Crippen molar-refractivity contribution in [1.82, 2.24) is 14.5 Å². The van der Waals surface area contributed by atoms with Gasteiger partial charge in [-0.15, -0.1) is 0 Å². The number of rotatable bonds is 7. The highest BCUT2D eigenvalue weighted by Crippen LogP contribution is 2.15. The van der Waals surface area contributed by atoms with Crippen LogP contribution in [0.1, 0.15) is 32.3 Å². The van der Waals surface area contributed by atoms with E-state index >= 15 is 0 Å². The minimum absolute atomic E-state index is 0.00338. The molecule has 0 aliphatic rings. The number of aryl methyl sites for hydroxylation is 1. The van der Waals surface area contributed by atoms with Gasteiger partial charge in [-0.1, -0.05) is 6.92 Å². The van der Waals surface area contributed by atoms with E-state index in [1.165, 1.54) is 16.8 Å². The predicted octanol–water partition coefficient (Wildman–Crippen LogP) is 1.82. The summed E-state index contributed by atoms with van der Waals surface area (Å²) in [6.45, 7) is 4.91. The summed E-state index contributed by atoms with van der Waals surface area (Å²) in [5.41, 5.74) is 0.194. The Labute approximate surface area is 138 Å². The zero-order valence-corrected chi connectivity index (χ0v) is 14.1. The Balaban J connectivity index is 2.05. The van der Waals surface area contributed by atoms with Gasteiger partial charge >= 0.3 is 5.69 Å². The molecule has 0 radical (unpaired) electrons. The summed E-state index contributed by atoms with van der Waals surface area (Å²) in [7, 11) is 0. The molecule has 0 fully saturated rings. The van der Waals surface area contributed by atoms with Gasteiger partial charge in [0, 0.05) is 37.8 Å². The first-order valence-electron chi connectivity index (χ1n) is 7.61. The number of nitrogens with zero attached hydrogens (tertiary/aromatic N) is 2. The summed E-state index contributed by atoms with van der Waals surface area (Å²) in [6.07, 6.45) is 2.51. The van der Waals surface area contributed by atoms with Crippen molar-refractivity contribution in [2.75, 3.05) is 0 Å². The summed E-state index contributed by atoms with van der Waals surface area (Å²) in [6, 6.07) is 3.43. The largest absolute Gasteiger partial charge is 0.336 e. The Morgan fingerprint density at radius 1 is 1.39 bits per heavy atom. The molecule has 6 nitrogen and oxygen atoms in total. The number of aromatic amines is 1. The molecule has 1 amide bonds. The van der Waals surface area contributed by atoms with Crippen LogP contribution < -0.4 is 11.2 Å². The zero-order valence-electron chi connectivity index (χ0n) is 13.3. The maximum Gasteiger partial charge on any atom is 0.328 e. The van der Waals surface area contributed by atoms with Crippen LogP contribution in [-0.2, 0) is 17.9 Å². The van der Waals surface area contributed by atoms with E-state index in [1.807, 2.05) is 35.6 Å². The first kappa shape index (κ1) is 17.2. The van der Waals surface area contributed by atoms with Gasteiger partial charge in [0.2, 0.25) is 5.91 Å². The fraction of sp³-hybridized carbons (Fsp3) is 0.438. The summed E-state index contributed by atoms with van der Waals surface area (Å²) in [5, 5.41) is 4.03. The molecule has 7 heteroatoms. The lowest BCUT2D eigenvalue weighted by molar-refractivity contribution is -0.134. The number of nitrogens with one attached hydrogen (secondary N) is 1. The molecule has 0 unspecified atom stereocenters. The predicted molar refractivity (Wildman–Crippen MR) is 90.6 cm³/mol. The Morgan fingerprint density at radius 2 is 2.17 bits per heavy atom. The smallest absolute Gasteiger partial charge is 0.328 e. The number of H-pyrrole nitrogens is 1. The second-order valence-electron chi connectivity index (χ2n) is 5.46. The lowest BCUT2D eigenvalue weighted by Gasteiger charge is -2.28. The average Bonchev–Trinajstić information content (AvgIpc) is 3.04. The molecule has 124 valence electrons. The molecule has 0 saturated heterocycles. The Hall–Kier alpha value is -2.15. The molecule has 0 aromatic carbocycles. The standard InChI is InChI=1S/C16H21N3O3S/c1-3-12(2)19(10-13-6-9-23-11-13)15(21)5-8-18-7-4-14(20)17-16(18)22/h4,6-7,9,11-12H,3,5,8,10H2,1-2H3,(H,17,20,22)/t12-/m1/s1. The van der Waals surface area contributed by atoms with Crippen LogP contribution in [0.4, 0.5) is 0 Å². The van der Waals surface area contributed by atoms with Crippen molar-refractivity contribution in [2.24, 2.45) is 0 Å². The fourth-order valence-corrected chi connectivity index (χ4v) is 2.93. The van der Waals surface area contributed by atoms with E-state index in [-0.39, 0.29) is 24.9 Å². The number of hydrogen-bond acceptors (Lipinski definition) is 4. The first-order valence-corrected chi connectivity index (χ1v) is 8.56. The van der Waals surface area contributed by atoms with Crippen LogP contribution in [0.25, 0.3) is 0 Å². The highest BCUT2D eigenvalue weighted by atomic mass is 32.1. The van der Waals surface area contributed by atoms with Gasteiger partial charge < -0.3 is 9.47 Å². The molecule has 0 aliphatic heterocycles. The van der Waals surface area contributed by atoms with Crippen molar-refractivity contribution in [3.05, 3.63) is 55.5 Å². The van der Waals surface area contributed by atoms with Crippen molar-refractivity contribution in [1.29, 1.82) is 0 Å². The van der Waals surface area contributed by atoms with Gasteiger partial charge in [-0.25, -0.2) is 4.79 Å². The monoisotopic (exact) mass is 335 g/mol. The lowest BCUT2D eigenvalue weighted by Crippen LogP contribution is -2.39. The second kappa shape index (κ2) is 7.92. The van der Waals surface area contributed by atoms with Crippen molar-refractivity contribution >= 4 is 17.2 Å². The number of amides is 1. The van der Waals surface area contributed by atoms with Crippen molar-refractivity contribution in [3.63, 3.8) is 0 Å². The number of aromatic nitrogens is 2. The lowest BCUT2D eigenvalue weighted by atomic mass is 10.1. The molecule has 1 atom stereocenters. The third kappa shape index (κ3) is 4.66. The van der Waals surface area contributed by atoms with Crippen molar-refractivity contribution < 1.29 is 4.79 Å². The normalized spacial score (nSPS) is 12.1. The molecule has 2 aromatic rings. The number of thiophene rings is 1. The van der Waals surface area contributed by atoms with Gasteiger partial charge in [-0.2, -0.15) is 11.3 Å². The topological polar surface area (TPSA) is 75.2 Å². The average molecular weight is 335 g/mol. The van der Waals surface area contributed by atoms with Gasteiger partial charge in [0.05, 0.1) is 0 Å². The fourth-order valence-electron chi connectivity index (χ4n) is 2.27. The van der Waals surface area contributed by atoms with Gasteiger partial charge in [-0.3, -0.25) is 14.6 Å². The third-order valence-corrected chi connectivity index (χ3v) is 4.57. The Kier molecular flexibility index (Phi) is 5.92.